The number of nitrogens with one attached hydrogen (secondary N) is 1. The first kappa shape index (κ1) is 22.2. The Morgan fingerprint density at radius 1 is 1.24 bits per heavy atom. The molecule has 0 radical (unpaired) electrons. The number of amides is 1. The predicted octanol–water partition coefficient (Wildman–Crippen LogP) is 3.73. The average Bonchev–Trinajstić information content (AvgIpc) is 3.39. The predicted molar refractivity (Wildman–Crippen MR) is 136 cm³/mol. The Kier molecular flexibility index (Phi) is 5.84. The van der Waals surface area contributed by atoms with E-state index in [9.17, 15) is 9.59 Å². The second kappa shape index (κ2) is 8.96. The van der Waals surface area contributed by atoms with Crippen LogP contribution in [0, 0.1) is 6.92 Å². The fraction of sp³-hybridized carbons (Fsp3) is 0.167. The van der Waals surface area contributed by atoms with Gasteiger partial charge in [0.05, 0.1) is 17.0 Å². The maximum atomic E-state index is 13.3. The number of hydrogen-bond acceptors (Lipinski definition) is 8. The maximum absolute atomic E-state index is 13.3. The van der Waals surface area contributed by atoms with E-state index in [0.717, 1.165) is 22.9 Å². The van der Waals surface area contributed by atoms with Crippen LogP contribution in [0.2, 0.25) is 0 Å². The molecule has 1 amide bonds. The molecule has 0 atom stereocenters. The van der Waals surface area contributed by atoms with Crippen molar-refractivity contribution in [3.8, 4) is 11.5 Å². The van der Waals surface area contributed by atoms with E-state index < -0.39 is 0 Å². The lowest BCUT2D eigenvalue weighted by Crippen LogP contribution is -2.27. The molecule has 34 heavy (non-hydrogen) atoms. The SMILES string of the molecule is C=CCNc1nc2ccc(C)cn2c(=O)c1/C=C1/SC(=S)N(Cc2ccc3c(c2)OCO3)C1=O. The zero-order valence-corrected chi connectivity index (χ0v) is 19.9. The lowest BCUT2D eigenvalue weighted by atomic mass is 10.2. The van der Waals surface area contributed by atoms with Gasteiger partial charge in [-0.1, -0.05) is 42.2 Å². The van der Waals surface area contributed by atoms with Gasteiger partial charge in [-0.3, -0.25) is 18.9 Å². The Hall–Kier alpha value is -3.63. The normalized spacial score (nSPS) is 16.0. The number of thiocarbonyl (C=S) groups is 1. The van der Waals surface area contributed by atoms with Crippen molar-refractivity contribution in [1.82, 2.24) is 14.3 Å². The van der Waals surface area contributed by atoms with Crippen LogP contribution < -0.4 is 20.3 Å². The molecule has 2 aromatic heterocycles. The molecule has 1 fully saturated rings. The molecule has 5 rings (SSSR count). The fourth-order valence-corrected chi connectivity index (χ4v) is 4.92. The summed E-state index contributed by atoms with van der Waals surface area (Å²) in [4.78, 5) is 33.0. The van der Waals surface area contributed by atoms with Crippen molar-refractivity contribution in [1.29, 1.82) is 0 Å². The fourth-order valence-electron chi connectivity index (χ4n) is 3.68. The summed E-state index contributed by atoms with van der Waals surface area (Å²) in [6, 6.07) is 9.19. The molecule has 0 bridgehead atoms. The number of aryl methyl sites for hydroxylation is 1. The van der Waals surface area contributed by atoms with Crippen LogP contribution in [0.25, 0.3) is 11.7 Å². The molecule has 1 N–H and O–H groups in total. The van der Waals surface area contributed by atoms with E-state index in [2.05, 4.69) is 16.9 Å². The van der Waals surface area contributed by atoms with Crippen LogP contribution in [-0.4, -0.2) is 37.8 Å². The molecule has 0 aliphatic carbocycles. The van der Waals surface area contributed by atoms with Gasteiger partial charge in [-0.25, -0.2) is 4.98 Å². The van der Waals surface area contributed by atoms with Gasteiger partial charge in [-0.05, 0) is 42.3 Å². The Labute approximate surface area is 204 Å². The minimum atomic E-state index is -0.277. The van der Waals surface area contributed by atoms with Gasteiger partial charge in [-0.2, -0.15) is 0 Å². The number of ether oxygens (including phenoxy) is 2. The van der Waals surface area contributed by atoms with Gasteiger partial charge in [0.25, 0.3) is 11.5 Å². The quantitative estimate of drug-likeness (QED) is 0.317. The third-order valence-corrected chi connectivity index (χ3v) is 6.72. The van der Waals surface area contributed by atoms with Crippen molar-refractivity contribution < 1.29 is 14.3 Å². The number of aromatic nitrogens is 2. The van der Waals surface area contributed by atoms with E-state index in [-0.39, 0.29) is 30.4 Å². The highest BCUT2D eigenvalue weighted by Crippen LogP contribution is 2.36. The molecule has 2 aliphatic heterocycles. The van der Waals surface area contributed by atoms with Crippen LogP contribution in [0.3, 0.4) is 0 Å². The van der Waals surface area contributed by atoms with Crippen molar-refractivity contribution in [2.24, 2.45) is 0 Å². The Morgan fingerprint density at radius 2 is 2.06 bits per heavy atom. The number of rotatable bonds is 6. The van der Waals surface area contributed by atoms with Crippen LogP contribution >= 0.6 is 24.0 Å². The average molecular weight is 493 g/mol. The molecule has 172 valence electrons. The molecule has 10 heteroatoms. The number of nitrogens with zero attached hydrogens (tertiary/aromatic N) is 3. The number of hydrogen-bond donors (Lipinski definition) is 1. The van der Waals surface area contributed by atoms with Gasteiger partial charge in [0.1, 0.15) is 15.8 Å². The minimum absolute atomic E-state index is 0.180. The number of pyridine rings is 1. The summed E-state index contributed by atoms with van der Waals surface area (Å²) in [6.07, 6.45) is 4.96. The molecule has 2 aliphatic rings. The first-order valence-corrected chi connectivity index (χ1v) is 11.7. The Morgan fingerprint density at radius 3 is 2.88 bits per heavy atom. The molecular formula is C24H20N4O4S2. The van der Waals surface area contributed by atoms with Crippen molar-refractivity contribution >= 4 is 51.7 Å². The van der Waals surface area contributed by atoms with Gasteiger partial charge in [0.15, 0.2) is 11.5 Å². The summed E-state index contributed by atoms with van der Waals surface area (Å²) in [7, 11) is 0. The highest BCUT2D eigenvalue weighted by atomic mass is 32.2. The summed E-state index contributed by atoms with van der Waals surface area (Å²) >= 11 is 6.64. The van der Waals surface area contributed by atoms with Crippen molar-refractivity contribution in [2.45, 2.75) is 13.5 Å². The first-order valence-electron chi connectivity index (χ1n) is 10.5. The molecule has 8 nitrogen and oxygen atoms in total. The second-order valence-electron chi connectivity index (χ2n) is 7.74. The summed E-state index contributed by atoms with van der Waals surface area (Å²) in [5.74, 6) is 1.43. The van der Waals surface area contributed by atoms with Crippen molar-refractivity contribution in [3.63, 3.8) is 0 Å². The van der Waals surface area contributed by atoms with Crippen LogP contribution in [0.1, 0.15) is 16.7 Å². The van der Waals surface area contributed by atoms with Crippen molar-refractivity contribution in [3.05, 3.63) is 81.1 Å². The van der Waals surface area contributed by atoms with E-state index >= 15 is 0 Å². The number of thioether (sulfide) groups is 1. The van der Waals surface area contributed by atoms with Crippen LogP contribution in [0.5, 0.6) is 11.5 Å². The van der Waals surface area contributed by atoms with Gasteiger partial charge in [0, 0.05) is 12.7 Å². The number of anilines is 1. The smallest absolute Gasteiger partial charge is 0.267 e. The zero-order chi connectivity index (χ0) is 23.8. The van der Waals surface area contributed by atoms with Gasteiger partial charge in [0.2, 0.25) is 6.79 Å². The van der Waals surface area contributed by atoms with Crippen molar-refractivity contribution in [2.75, 3.05) is 18.7 Å². The Balaban J connectivity index is 1.50. The Bertz CT molecular complexity index is 1450. The zero-order valence-electron chi connectivity index (χ0n) is 18.2. The number of carbonyl (C=O) groups is 1. The van der Waals surface area contributed by atoms with E-state index in [1.165, 1.54) is 9.30 Å². The van der Waals surface area contributed by atoms with Gasteiger partial charge < -0.3 is 14.8 Å². The van der Waals surface area contributed by atoms with Crippen LogP contribution in [0.4, 0.5) is 5.82 Å². The largest absolute Gasteiger partial charge is 0.454 e. The van der Waals surface area contributed by atoms with Gasteiger partial charge in [-0.15, -0.1) is 6.58 Å². The highest BCUT2D eigenvalue weighted by Gasteiger charge is 2.33. The lowest BCUT2D eigenvalue weighted by Gasteiger charge is -2.14. The molecular weight excluding hydrogens is 472 g/mol. The lowest BCUT2D eigenvalue weighted by molar-refractivity contribution is -0.122. The molecule has 4 heterocycles. The monoisotopic (exact) mass is 492 g/mol. The second-order valence-corrected chi connectivity index (χ2v) is 9.41. The highest BCUT2D eigenvalue weighted by molar-refractivity contribution is 8.26. The van der Waals surface area contributed by atoms with E-state index in [0.29, 0.717) is 38.7 Å². The topological polar surface area (TPSA) is 85.2 Å². The number of benzene rings is 1. The summed E-state index contributed by atoms with van der Waals surface area (Å²) in [5.41, 5.74) is 2.30. The van der Waals surface area contributed by atoms with E-state index in [4.69, 9.17) is 21.7 Å². The van der Waals surface area contributed by atoms with Gasteiger partial charge >= 0.3 is 0 Å². The summed E-state index contributed by atoms with van der Waals surface area (Å²) in [5, 5.41) is 3.11. The standard InChI is InChI=1S/C24H20N4O4S2/c1-3-8-25-21-16(22(29)27-11-14(2)4-7-20(27)26-21)10-19-23(30)28(24(33)34-19)12-15-5-6-17-18(9-15)32-13-31-17/h3-7,9-11,25H,1,8,12-13H2,2H3/b19-10+. The molecule has 0 spiro atoms. The third kappa shape index (κ3) is 4.06. The molecule has 0 unspecified atom stereocenters. The molecule has 3 aromatic rings. The number of carbonyl (C=O) groups excluding carboxylic acids is 1. The van der Waals surface area contributed by atoms with Crippen LogP contribution in [-0.2, 0) is 11.3 Å². The summed E-state index contributed by atoms with van der Waals surface area (Å²) in [6.45, 7) is 6.49. The third-order valence-electron chi connectivity index (χ3n) is 5.35. The molecule has 1 aromatic carbocycles. The maximum Gasteiger partial charge on any atom is 0.267 e. The molecule has 0 saturated carbocycles. The van der Waals surface area contributed by atoms with Crippen LogP contribution in [0.15, 0.2) is 58.9 Å². The minimum Gasteiger partial charge on any atom is -0.454 e. The van der Waals surface area contributed by atoms with E-state index in [1.807, 2.05) is 31.2 Å². The first-order chi connectivity index (χ1) is 16.4. The number of fused-ring (bicyclic) bond motifs is 2. The molecule has 1 saturated heterocycles. The van der Waals surface area contributed by atoms with E-state index in [1.54, 1.807) is 24.4 Å². The summed E-state index contributed by atoms with van der Waals surface area (Å²) < 4.78 is 12.7.